The third-order valence-electron chi connectivity index (χ3n) is 2.64. The van der Waals surface area contributed by atoms with Crippen LogP contribution in [-0.2, 0) is 4.74 Å². The molecule has 1 aliphatic rings. The predicted molar refractivity (Wildman–Crippen MR) is 52.3 cm³/mol. The van der Waals surface area contributed by atoms with Crippen molar-refractivity contribution in [2.24, 2.45) is 5.73 Å². The van der Waals surface area contributed by atoms with Gasteiger partial charge in [-0.1, -0.05) is 6.07 Å². The Hall–Kier alpha value is -1.00. The molecule has 0 amide bonds. The van der Waals surface area contributed by atoms with Gasteiger partial charge in [0.2, 0.25) is 0 Å². The second kappa shape index (κ2) is 4.24. The molecule has 1 fully saturated rings. The van der Waals surface area contributed by atoms with Crippen molar-refractivity contribution in [3.05, 3.63) is 35.4 Å². The van der Waals surface area contributed by atoms with Crippen LogP contribution in [0.3, 0.4) is 0 Å². The first-order valence-electron chi connectivity index (χ1n) is 4.99. The van der Waals surface area contributed by atoms with Crippen LogP contribution >= 0.6 is 0 Å². The van der Waals surface area contributed by atoms with Crippen molar-refractivity contribution < 1.29 is 13.5 Å². The van der Waals surface area contributed by atoms with Gasteiger partial charge in [-0.05, 0) is 30.5 Å². The van der Waals surface area contributed by atoms with Gasteiger partial charge in [0, 0.05) is 12.6 Å². The molecule has 15 heavy (non-hydrogen) atoms. The molecule has 0 aromatic heterocycles. The summed E-state index contributed by atoms with van der Waals surface area (Å²) in [5.41, 5.74) is 6.44. The van der Waals surface area contributed by atoms with E-state index in [1.807, 2.05) is 0 Å². The molecule has 1 saturated heterocycles. The van der Waals surface area contributed by atoms with E-state index in [0.717, 1.165) is 12.5 Å². The van der Waals surface area contributed by atoms with E-state index in [9.17, 15) is 8.78 Å². The molecule has 4 heteroatoms. The van der Waals surface area contributed by atoms with Gasteiger partial charge in [-0.15, -0.1) is 0 Å². The van der Waals surface area contributed by atoms with Gasteiger partial charge in [-0.3, -0.25) is 0 Å². The number of rotatable bonds is 1. The fourth-order valence-electron chi connectivity index (χ4n) is 1.77. The highest BCUT2D eigenvalue weighted by molar-refractivity contribution is 5.20. The lowest BCUT2D eigenvalue weighted by Crippen LogP contribution is -2.30. The van der Waals surface area contributed by atoms with Gasteiger partial charge < -0.3 is 10.5 Å². The molecule has 1 aromatic rings. The Morgan fingerprint density at radius 2 is 2.07 bits per heavy atom. The Labute approximate surface area is 87.0 Å². The summed E-state index contributed by atoms with van der Waals surface area (Å²) in [6.07, 6.45) is 1.27. The van der Waals surface area contributed by atoms with E-state index < -0.39 is 11.6 Å². The number of hydrogen-bond donors (Lipinski definition) is 1. The molecule has 1 heterocycles. The largest absolute Gasteiger partial charge is 0.373 e. The summed E-state index contributed by atoms with van der Waals surface area (Å²) in [6.45, 7) is 0.574. The molecule has 2 nitrogen and oxygen atoms in total. The second-order valence-corrected chi connectivity index (χ2v) is 3.82. The second-order valence-electron chi connectivity index (χ2n) is 3.82. The molecule has 1 aromatic carbocycles. The van der Waals surface area contributed by atoms with Crippen molar-refractivity contribution in [3.8, 4) is 0 Å². The van der Waals surface area contributed by atoms with Gasteiger partial charge in [-0.25, -0.2) is 8.78 Å². The molecule has 2 unspecified atom stereocenters. The Balaban J connectivity index is 2.18. The maximum atomic E-state index is 13.0. The summed E-state index contributed by atoms with van der Waals surface area (Å²) in [5.74, 6) is -1.67. The SMILES string of the molecule is NC1CCOC(c2ccc(F)c(F)c2)C1. The number of ether oxygens (including phenoxy) is 1. The van der Waals surface area contributed by atoms with Crippen LogP contribution in [0.4, 0.5) is 8.78 Å². The number of nitrogens with two attached hydrogens (primary N) is 1. The summed E-state index contributed by atoms with van der Waals surface area (Å²) in [6, 6.07) is 3.92. The van der Waals surface area contributed by atoms with Gasteiger partial charge in [0.05, 0.1) is 6.10 Å². The number of benzene rings is 1. The zero-order valence-corrected chi connectivity index (χ0v) is 8.25. The molecule has 1 aliphatic heterocycles. The molecule has 0 spiro atoms. The minimum absolute atomic E-state index is 0.0804. The van der Waals surface area contributed by atoms with E-state index in [0.29, 0.717) is 18.6 Å². The van der Waals surface area contributed by atoms with Crippen LogP contribution in [-0.4, -0.2) is 12.6 Å². The third kappa shape index (κ3) is 2.33. The van der Waals surface area contributed by atoms with Crippen LogP contribution < -0.4 is 5.73 Å². The van der Waals surface area contributed by atoms with Crippen LogP contribution in [0.5, 0.6) is 0 Å². The quantitative estimate of drug-likeness (QED) is 0.775. The van der Waals surface area contributed by atoms with Crippen molar-refractivity contribution in [3.63, 3.8) is 0 Å². The maximum absolute atomic E-state index is 13.0. The fraction of sp³-hybridized carbons (Fsp3) is 0.455. The van der Waals surface area contributed by atoms with Gasteiger partial charge in [0.1, 0.15) is 0 Å². The summed E-state index contributed by atoms with van der Waals surface area (Å²) < 4.78 is 31.1. The number of hydrogen-bond acceptors (Lipinski definition) is 2. The van der Waals surface area contributed by atoms with Crippen molar-refractivity contribution in [2.75, 3.05) is 6.61 Å². The van der Waals surface area contributed by atoms with Gasteiger partial charge in [-0.2, -0.15) is 0 Å². The number of halogens is 2. The lowest BCUT2D eigenvalue weighted by molar-refractivity contribution is 0.00645. The summed E-state index contributed by atoms with van der Waals surface area (Å²) in [7, 11) is 0. The minimum atomic E-state index is -0.838. The summed E-state index contributed by atoms with van der Waals surface area (Å²) >= 11 is 0. The van der Waals surface area contributed by atoms with E-state index in [1.165, 1.54) is 6.07 Å². The van der Waals surface area contributed by atoms with E-state index in [1.54, 1.807) is 6.07 Å². The standard InChI is InChI=1S/C11H13F2NO/c12-9-2-1-7(5-10(9)13)11-6-8(14)3-4-15-11/h1-2,5,8,11H,3-4,6,14H2. The van der Waals surface area contributed by atoms with E-state index in [-0.39, 0.29) is 12.1 Å². The highest BCUT2D eigenvalue weighted by Gasteiger charge is 2.22. The lowest BCUT2D eigenvalue weighted by atomic mass is 9.98. The fourth-order valence-corrected chi connectivity index (χ4v) is 1.77. The van der Waals surface area contributed by atoms with Crippen molar-refractivity contribution in [2.45, 2.75) is 25.0 Å². The summed E-state index contributed by atoms with van der Waals surface area (Å²) in [5, 5.41) is 0. The van der Waals surface area contributed by atoms with E-state index in [2.05, 4.69) is 0 Å². The highest BCUT2D eigenvalue weighted by Crippen LogP contribution is 2.28. The predicted octanol–water partition coefficient (Wildman–Crippen LogP) is 2.14. The third-order valence-corrected chi connectivity index (χ3v) is 2.64. The first-order chi connectivity index (χ1) is 7.16. The molecular weight excluding hydrogens is 200 g/mol. The monoisotopic (exact) mass is 213 g/mol. The normalized spacial score (nSPS) is 26.6. The van der Waals surface area contributed by atoms with Gasteiger partial charge in [0.25, 0.3) is 0 Å². The van der Waals surface area contributed by atoms with Gasteiger partial charge in [0.15, 0.2) is 11.6 Å². The highest BCUT2D eigenvalue weighted by atomic mass is 19.2. The molecule has 82 valence electrons. The average molecular weight is 213 g/mol. The van der Waals surface area contributed by atoms with Crippen molar-refractivity contribution >= 4 is 0 Å². The molecule has 2 rings (SSSR count). The van der Waals surface area contributed by atoms with Crippen LogP contribution in [0.1, 0.15) is 24.5 Å². The molecule has 0 bridgehead atoms. The Morgan fingerprint density at radius 3 is 2.73 bits per heavy atom. The molecule has 2 atom stereocenters. The Morgan fingerprint density at radius 1 is 1.27 bits per heavy atom. The van der Waals surface area contributed by atoms with Crippen molar-refractivity contribution in [1.82, 2.24) is 0 Å². The Kier molecular flexibility index (Phi) is 2.98. The maximum Gasteiger partial charge on any atom is 0.159 e. The summed E-state index contributed by atoms with van der Waals surface area (Å²) in [4.78, 5) is 0. The molecule has 0 aliphatic carbocycles. The molecule has 0 saturated carbocycles. The van der Waals surface area contributed by atoms with Crippen LogP contribution in [0.15, 0.2) is 18.2 Å². The molecular formula is C11H13F2NO. The van der Waals surface area contributed by atoms with E-state index in [4.69, 9.17) is 10.5 Å². The van der Waals surface area contributed by atoms with Gasteiger partial charge >= 0.3 is 0 Å². The average Bonchev–Trinajstić information content (AvgIpc) is 2.22. The van der Waals surface area contributed by atoms with E-state index >= 15 is 0 Å². The first kappa shape index (κ1) is 10.5. The smallest absolute Gasteiger partial charge is 0.159 e. The zero-order valence-electron chi connectivity index (χ0n) is 8.25. The van der Waals surface area contributed by atoms with Crippen molar-refractivity contribution in [1.29, 1.82) is 0 Å². The first-order valence-corrected chi connectivity index (χ1v) is 4.99. The minimum Gasteiger partial charge on any atom is -0.373 e. The van der Waals surface area contributed by atoms with Crippen LogP contribution in [0.2, 0.25) is 0 Å². The lowest BCUT2D eigenvalue weighted by Gasteiger charge is -2.27. The molecule has 0 radical (unpaired) electrons. The zero-order chi connectivity index (χ0) is 10.8. The Bertz CT molecular complexity index is 356. The topological polar surface area (TPSA) is 35.2 Å². The molecule has 2 N–H and O–H groups in total. The van der Waals surface area contributed by atoms with Crippen LogP contribution in [0, 0.1) is 11.6 Å². The van der Waals surface area contributed by atoms with Crippen LogP contribution in [0.25, 0.3) is 0 Å².